The van der Waals surface area contributed by atoms with Gasteiger partial charge in [0.25, 0.3) is 5.91 Å². The minimum atomic E-state index is -1.06. The third-order valence-electron chi connectivity index (χ3n) is 2.74. The van der Waals surface area contributed by atoms with Gasteiger partial charge in [0, 0.05) is 25.9 Å². The van der Waals surface area contributed by atoms with Crippen LogP contribution in [0.3, 0.4) is 0 Å². The normalized spacial score (nSPS) is 10.3. The summed E-state index contributed by atoms with van der Waals surface area (Å²) in [5.74, 6) is -1.44. The molecule has 1 amide bonds. The molecule has 0 atom stereocenters. The third kappa shape index (κ3) is 3.71. The van der Waals surface area contributed by atoms with Crippen molar-refractivity contribution in [2.75, 3.05) is 19.0 Å². The molecule has 110 valence electrons. The molecule has 2 aromatic rings. The zero-order valence-corrected chi connectivity index (χ0v) is 11.6. The third-order valence-corrected chi connectivity index (χ3v) is 2.74. The maximum atomic E-state index is 13.1. The van der Waals surface area contributed by atoms with Crippen LogP contribution < -0.4 is 10.2 Å². The van der Waals surface area contributed by atoms with E-state index in [4.69, 9.17) is 0 Å². The molecule has 1 aromatic heterocycles. The van der Waals surface area contributed by atoms with Gasteiger partial charge in [-0.2, -0.15) is 0 Å². The second-order valence-corrected chi connectivity index (χ2v) is 4.54. The van der Waals surface area contributed by atoms with Crippen molar-refractivity contribution in [3.63, 3.8) is 0 Å². The topological polar surface area (TPSA) is 58.1 Å². The van der Waals surface area contributed by atoms with Crippen LogP contribution in [0.1, 0.15) is 16.2 Å². The minimum absolute atomic E-state index is 0.0395. The van der Waals surface area contributed by atoms with Crippen molar-refractivity contribution >= 4 is 11.7 Å². The van der Waals surface area contributed by atoms with Crippen LogP contribution in [0.2, 0.25) is 0 Å². The Morgan fingerprint density at radius 2 is 2.00 bits per heavy atom. The number of carbonyl (C=O) groups is 1. The molecular formula is C14H14F2N4O. The Morgan fingerprint density at radius 1 is 1.24 bits per heavy atom. The summed E-state index contributed by atoms with van der Waals surface area (Å²) < 4.78 is 25.9. The number of aromatic nitrogens is 2. The first-order valence-electron chi connectivity index (χ1n) is 6.20. The molecule has 1 heterocycles. The first-order valence-corrected chi connectivity index (χ1v) is 6.20. The summed E-state index contributed by atoms with van der Waals surface area (Å²) in [5.41, 5.74) is 0.0395. The molecule has 0 bridgehead atoms. The molecule has 0 saturated heterocycles. The van der Waals surface area contributed by atoms with Crippen LogP contribution in [0.15, 0.2) is 30.5 Å². The summed E-state index contributed by atoms with van der Waals surface area (Å²) >= 11 is 0. The fourth-order valence-corrected chi connectivity index (χ4v) is 1.62. The molecule has 0 aliphatic rings. The summed E-state index contributed by atoms with van der Waals surface area (Å²) in [6.45, 7) is 0.0967. The highest BCUT2D eigenvalue weighted by Gasteiger charge is 2.10. The molecule has 7 heteroatoms. The maximum Gasteiger partial charge on any atom is 0.251 e. The first kappa shape index (κ1) is 14.8. The highest BCUT2D eigenvalue weighted by molar-refractivity contribution is 5.94. The summed E-state index contributed by atoms with van der Waals surface area (Å²) in [5, 5.41) is 2.56. The smallest absolute Gasteiger partial charge is 0.251 e. The van der Waals surface area contributed by atoms with Crippen LogP contribution in [0.25, 0.3) is 0 Å². The standard InChI is InChI=1S/C14H14F2N4O/c1-20(2)13-5-6-17-12(19-13)8-18-14(21)9-3-4-10(15)11(16)7-9/h3-7H,8H2,1-2H3,(H,18,21). The van der Waals surface area contributed by atoms with Gasteiger partial charge in [-0.25, -0.2) is 18.7 Å². The second-order valence-electron chi connectivity index (χ2n) is 4.54. The highest BCUT2D eigenvalue weighted by Crippen LogP contribution is 2.09. The van der Waals surface area contributed by atoms with Crippen LogP contribution in [0.4, 0.5) is 14.6 Å². The van der Waals surface area contributed by atoms with Crippen LogP contribution in [0.5, 0.6) is 0 Å². The first-order chi connectivity index (χ1) is 9.97. The van der Waals surface area contributed by atoms with E-state index in [2.05, 4.69) is 15.3 Å². The molecule has 2 rings (SSSR count). The molecule has 0 radical (unpaired) electrons. The van der Waals surface area contributed by atoms with E-state index in [0.29, 0.717) is 11.6 Å². The summed E-state index contributed by atoms with van der Waals surface area (Å²) in [6.07, 6.45) is 1.58. The van der Waals surface area contributed by atoms with E-state index in [1.54, 1.807) is 12.3 Å². The van der Waals surface area contributed by atoms with Gasteiger partial charge >= 0.3 is 0 Å². The Balaban J connectivity index is 2.03. The lowest BCUT2D eigenvalue weighted by Gasteiger charge is -2.11. The van der Waals surface area contributed by atoms with Gasteiger partial charge < -0.3 is 10.2 Å². The lowest BCUT2D eigenvalue weighted by atomic mass is 10.2. The van der Waals surface area contributed by atoms with E-state index < -0.39 is 17.5 Å². The highest BCUT2D eigenvalue weighted by atomic mass is 19.2. The molecule has 5 nitrogen and oxygen atoms in total. The number of nitrogens with zero attached hydrogens (tertiary/aromatic N) is 3. The summed E-state index contributed by atoms with van der Waals surface area (Å²) in [6, 6.07) is 4.71. The number of halogens is 2. The number of benzene rings is 1. The fraction of sp³-hybridized carbons (Fsp3) is 0.214. The Labute approximate surface area is 120 Å². The Morgan fingerprint density at radius 3 is 2.67 bits per heavy atom. The average Bonchev–Trinajstić information content (AvgIpc) is 2.48. The van der Waals surface area contributed by atoms with Crippen molar-refractivity contribution < 1.29 is 13.6 Å². The molecule has 0 aliphatic heterocycles. The maximum absolute atomic E-state index is 13.1. The number of hydrogen-bond acceptors (Lipinski definition) is 4. The van der Waals surface area contributed by atoms with E-state index in [-0.39, 0.29) is 12.1 Å². The summed E-state index contributed by atoms with van der Waals surface area (Å²) in [7, 11) is 3.68. The molecule has 0 aliphatic carbocycles. The van der Waals surface area contributed by atoms with Crippen LogP contribution in [-0.2, 0) is 6.54 Å². The number of nitrogens with one attached hydrogen (secondary N) is 1. The van der Waals surface area contributed by atoms with Gasteiger partial charge in [-0.15, -0.1) is 0 Å². The predicted molar refractivity (Wildman–Crippen MR) is 73.9 cm³/mol. The predicted octanol–water partition coefficient (Wildman–Crippen LogP) is 1.75. The van der Waals surface area contributed by atoms with Gasteiger partial charge in [-0.3, -0.25) is 4.79 Å². The van der Waals surface area contributed by atoms with Gasteiger partial charge in [0.1, 0.15) is 11.6 Å². The largest absolute Gasteiger partial charge is 0.363 e. The molecule has 0 fully saturated rings. The Hall–Kier alpha value is -2.57. The van der Waals surface area contributed by atoms with Crippen molar-refractivity contribution in [1.82, 2.24) is 15.3 Å². The van der Waals surface area contributed by atoms with Crippen molar-refractivity contribution in [3.05, 3.63) is 53.5 Å². The Kier molecular flexibility index (Phi) is 4.42. The summed E-state index contributed by atoms with van der Waals surface area (Å²) in [4.78, 5) is 21.9. The SMILES string of the molecule is CN(C)c1ccnc(CNC(=O)c2ccc(F)c(F)c2)n1. The molecule has 21 heavy (non-hydrogen) atoms. The number of hydrogen-bond donors (Lipinski definition) is 1. The van der Waals surface area contributed by atoms with E-state index in [1.165, 1.54) is 6.07 Å². The number of carbonyl (C=O) groups excluding carboxylic acids is 1. The number of rotatable bonds is 4. The second kappa shape index (κ2) is 6.25. The van der Waals surface area contributed by atoms with E-state index in [0.717, 1.165) is 12.1 Å². The van der Waals surface area contributed by atoms with E-state index in [9.17, 15) is 13.6 Å². The lowest BCUT2D eigenvalue weighted by Crippen LogP contribution is -2.24. The van der Waals surface area contributed by atoms with Crippen LogP contribution >= 0.6 is 0 Å². The quantitative estimate of drug-likeness (QED) is 0.932. The van der Waals surface area contributed by atoms with Crippen molar-refractivity contribution in [2.45, 2.75) is 6.54 Å². The molecule has 0 unspecified atom stereocenters. The monoisotopic (exact) mass is 292 g/mol. The van der Waals surface area contributed by atoms with Crippen molar-refractivity contribution in [1.29, 1.82) is 0 Å². The molecule has 1 N–H and O–H groups in total. The van der Waals surface area contributed by atoms with Gasteiger partial charge in [0.2, 0.25) is 0 Å². The fourth-order valence-electron chi connectivity index (χ4n) is 1.62. The zero-order chi connectivity index (χ0) is 15.4. The molecule has 0 spiro atoms. The molecule has 0 saturated carbocycles. The van der Waals surface area contributed by atoms with Crippen LogP contribution in [-0.4, -0.2) is 30.0 Å². The molecule has 1 aromatic carbocycles. The number of amides is 1. The van der Waals surface area contributed by atoms with E-state index >= 15 is 0 Å². The lowest BCUT2D eigenvalue weighted by molar-refractivity contribution is 0.0949. The van der Waals surface area contributed by atoms with Gasteiger partial charge in [0.05, 0.1) is 6.54 Å². The van der Waals surface area contributed by atoms with Crippen molar-refractivity contribution in [3.8, 4) is 0 Å². The minimum Gasteiger partial charge on any atom is -0.363 e. The van der Waals surface area contributed by atoms with Gasteiger partial charge in [0.15, 0.2) is 11.6 Å². The zero-order valence-electron chi connectivity index (χ0n) is 11.6. The van der Waals surface area contributed by atoms with E-state index in [1.807, 2.05) is 19.0 Å². The van der Waals surface area contributed by atoms with Gasteiger partial charge in [-0.05, 0) is 24.3 Å². The number of anilines is 1. The van der Waals surface area contributed by atoms with Gasteiger partial charge in [-0.1, -0.05) is 0 Å². The van der Waals surface area contributed by atoms with Crippen molar-refractivity contribution in [2.24, 2.45) is 0 Å². The average molecular weight is 292 g/mol. The van der Waals surface area contributed by atoms with Crippen LogP contribution in [0, 0.1) is 11.6 Å². The Bertz CT molecular complexity index is 661. The molecular weight excluding hydrogens is 278 g/mol.